The lowest BCUT2D eigenvalue weighted by Crippen LogP contribution is -2.49. The Morgan fingerprint density at radius 3 is 2.89 bits per heavy atom. The molecule has 2 saturated heterocycles. The number of hydrogen-bond donors (Lipinski definition) is 4. The summed E-state index contributed by atoms with van der Waals surface area (Å²) in [5, 5.41) is 4.05. The van der Waals surface area contributed by atoms with Crippen molar-refractivity contribution in [2.75, 3.05) is 26.3 Å². The van der Waals surface area contributed by atoms with Gasteiger partial charge in [-0.05, 0) is 0 Å². The van der Waals surface area contributed by atoms with Crippen LogP contribution in [-0.2, 0) is 14.3 Å². The number of hydrogen-bond acceptors (Lipinski definition) is 7. The van der Waals surface area contributed by atoms with Crippen molar-refractivity contribution in [2.45, 2.75) is 17.2 Å². The molecule has 5 N–H and O–H groups in total. The lowest BCUT2D eigenvalue weighted by Gasteiger charge is -2.27. The Kier molecular flexibility index (Phi) is 4.78. The zero-order chi connectivity index (χ0) is 13.0. The van der Waals surface area contributed by atoms with Gasteiger partial charge in [0, 0.05) is 19.5 Å². The molecule has 0 aromatic carbocycles. The van der Waals surface area contributed by atoms with Crippen LogP contribution in [-0.4, -0.2) is 53.9 Å². The van der Waals surface area contributed by atoms with Crippen molar-refractivity contribution in [1.82, 2.24) is 21.2 Å². The predicted octanol–water partition coefficient (Wildman–Crippen LogP) is -2.28. The first kappa shape index (κ1) is 13.6. The van der Waals surface area contributed by atoms with Crippen LogP contribution >= 0.6 is 11.8 Å². The molecule has 0 aromatic heterocycles. The number of amides is 2. The average Bonchev–Trinajstić information content (AvgIpc) is 2.71. The van der Waals surface area contributed by atoms with Gasteiger partial charge < -0.3 is 10.1 Å². The number of thioether (sulfide) groups is 1. The third-order valence-electron chi connectivity index (χ3n) is 2.68. The van der Waals surface area contributed by atoms with Gasteiger partial charge in [-0.1, -0.05) is 0 Å². The summed E-state index contributed by atoms with van der Waals surface area (Å²) in [5.41, 5.74) is 4.90. The Morgan fingerprint density at radius 2 is 2.28 bits per heavy atom. The van der Waals surface area contributed by atoms with Gasteiger partial charge in [0.1, 0.15) is 5.50 Å². The largest absolute Gasteiger partial charge is 0.379 e. The third kappa shape index (κ3) is 3.56. The topological polar surface area (TPSA) is 109 Å². The molecule has 0 saturated carbocycles. The maximum absolute atomic E-state index is 11.8. The minimum atomic E-state index is -0.396. The van der Waals surface area contributed by atoms with Crippen molar-refractivity contribution in [3.63, 3.8) is 0 Å². The fourth-order valence-electron chi connectivity index (χ4n) is 1.77. The van der Waals surface area contributed by atoms with Gasteiger partial charge in [-0.15, -0.1) is 11.8 Å². The molecule has 9 heteroatoms. The summed E-state index contributed by atoms with van der Waals surface area (Å²) in [5.74, 6) is 4.90. The lowest BCUT2D eigenvalue weighted by molar-refractivity contribution is -0.130. The van der Waals surface area contributed by atoms with Crippen LogP contribution in [0.25, 0.3) is 0 Å². The van der Waals surface area contributed by atoms with E-state index in [9.17, 15) is 9.59 Å². The molecule has 0 bridgehead atoms. The summed E-state index contributed by atoms with van der Waals surface area (Å²) in [7, 11) is 0. The van der Waals surface area contributed by atoms with Crippen molar-refractivity contribution >= 4 is 23.6 Å². The first-order chi connectivity index (χ1) is 8.69. The second-order valence-electron chi connectivity index (χ2n) is 4.02. The van der Waals surface area contributed by atoms with Crippen LogP contribution < -0.4 is 22.0 Å². The van der Waals surface area contributed by atoms with E-state index in [1.807, 2.05) is 5.01 Å². The summed E-state index contributed by atoms with van der Waals surface area (Å²) in [6.07, 6.45) is 0.145. The molecule has 2 fully saturated rings. The van der Waals surface area contributed by atoms with E-state index in [0.29, 0.717) is 26.3 Å². The minimum absolute atomic E-state index is 0.145. The molecule has 2 unspecified atom stereocenters. The molecular formula is C9H17N5O3S. The molecule has 0 radical (unpaired) electrons. The smallest absolute Gasteiger partial charge is 0.235 e. The van der Waals surface area contributed by atoms with E-state index in [1.54, 1.807) is 0 Å². The van der Waals surface area contributed by atoms with Gasteiger partial charge in [0.05, 0.1) is 18.5 Å². The molecule has 8 nitrogen and oxygen atoms in total. The highest BCUT2D eigenvalue weighted by Crippen LogP contribution is 2.23. The van der Waals surface area contributed by atoms with Crippen molar-refractivity contribution in [2.24, 2.45) is 5.84 Å². The van der Waals surface area contributed by atoms with E-state index in [4.69, 9.17) is 10.6 Å². The van der Waals surface area contributed by atoms with Crippen molar-refractivity contribution < 1.29 is 14.3 Å². The number of morpholine rings is 1. The Balaban J connectivity index is 1.75. The number of nitrogens with one attached hydrogen (secondary N) is 3. The number of nitrogens with two attached hydrogens (primary N) is 1. The second kappa shape index (κ2) is 6.34. The minimum Gasteiger partial charge on any atom is -0.379 e. The quantitative estimate of drug-likeness (QED) is 0.338. The molecule has 2 amide bonds. The van der Waals surface area contributed by atoms with Crippen LogP contribution in [0.2, 0.25) is 0 Å². The van der Waals surface area contributed by atoms with Crippen molar-refractivity contribution in [3.8, 4) is 0 Å². The summed E-state index contributed by atoms with van der Waals surface area (Å²) in [6, 6.07) is 0. The van der Waals surface area contributed by atoms with Gasteiger partial charge in [-0.25, -0.2) is 10.4 Å². The van der Waals surface area contributed by atoms with Crippen LogP contribution in [0.4, 0.5) is 0 Å². The molecule has 2 rings (SSSR count). The normalized spacial score (nSPS) is 29.1. The highest BCUT2D eigenvalue weighted by molar-refractivity contribution is 8.01. The highest BCUT2D eigenvalue weighted by Gasteiger charge is 2.33. The summed E-state index contributed by atoms with van der Waals surface area (Å²) >= 11 is 1.31. The van der Waals surface area contributed by atoms with Crippen LogP contribution in [0.3, 0.4) is 0 Å². The van der Waals surface area contributed by atoms with Crippen LogP contribution in [0, 0.1) is 0 Å². The first-order valence-corrected chi connectivity index (χ1v) is 6.67. The van der Waals surface area contributed by atoms with E-state index >= 15 is 0 Å². The SMILES string of the molecule is NNC1NC(=O)C(CC(=O)NN2CCOCC2)S1. The Morgan fingerprint density at radius 1 is 1.56 bits per heavy atom. The van der Waals surface area contributed by atoms with E-state index in [2.05, 4.69) is 16.2 Å². The zero-order valence-corrected chi connectivity index (χ0v) is 10.7. The number of nitrogens with zero attached hydrogens (tertiary/aromatic N) is 1. The lowest BCUT2D eigenvalue weighted by atomic mass is 10.3. The Labute approximate surface area is 109 Å². The monoisotopic (exact) mass is 275 g/mol. The maximum Gasteiger partial charge on any atom is 0.235 e. The predicted molar refractivity (Wildman–Crippen MR) is 65.8 cm³/mol. The molecule has 0 aromatic rings. The average molecular weight is 275 g/mol. The Bertz CT molecular complexity index is 323. The van der Waals surface area contributed by atoms with Gasteiger partial charge in [0.25, 0.3) is 0 Å². The van der Waals surface area contributed by atoms with Crippen LogP contribution in [0.15, 0.2) is 0 Å². The van der Waals surface area contributed by atoms with E-state index in [0.717, 1.165) is 0 Å². The maximum atomic E-state index is 11.8. The van der Waals surface area contributed by atoms with E-state index in [1.165, 1.54) is 11.8 Å². The number of ether oxygens (including phenoxy) is 1. The Hall–Kier alpha value is -0.870. The zero-order valence-electron chi connectivity index (χ0n) is 9.85. The molecule has 2 atom stereocenters. The van der Waals surface area contributed by atoms with Gasteiger partial charge in [0.15, 0.2) is 0 Å². The molecule has 2 heterocycles. The van der Waals surface area contributed by atoms with Crippen molar-refractivity contribution in [3.05, 3.63) is 0 Å². The second-order valence-corrected chi connectivity index (χ2v) is 5.33. The standard InChI is InChI=1S/C9H17N5O3S/c10-12-9-11-8(16)6(18-9)5-7(15)13-14-1-3-17-4-2-14/h6,9,12H,1-5,10H2,(H,11,16)(H,13,15). The van der Waals surface area contributed by atoms with Crippen LogP contribution in [0.1, 0.15) is 6.42 Å². The number of rotatable bonds is 4. The van der Waals surface area contributed by atoms with E-state index in [-0.39, 0.29) is 23.7 Å². The number of carbonyl (C=O) groups is 2. The molecule has 2 aliphatic heterocycles. The summed E-state index contributed by atoms with van der Waals surface area (Å²) in [4.78, 5) is 23.3. The fraction of sp³-hybridized carbons (Fsp3) is 0.778. The van der Waals surface area contributed by atoms with Gasteiger partial charge in [0.2, 0.25) is 11.8 Å². The van der Waals surface area contributed by atoms with Crippen molar-refractivity contribution in [1.29, 1.82) is 0 Å². The molecular weight excluding hydrogens is 258 g/mol. The molecule has 18 heavy (non-hydrogen) atoms. The summed E-state index contributed by atoms with van der Waals surface area (Å²) < 4.78 is 5.18. The summed E-state index contributed by atoms with van der Waals surface area (Å²) in [6.45, 7) is 2.56. The number of hydrazine groups is 2. The van der Waals surface area contributed by atoms with Gasteiger partial charge in [-0.2, -0.15) is 0 Å². The molecule has 102 valence electrons. The number of carbonyl (C=O) groups excluding carboxylic acids is 2. The van der Waals surface area contributed by atoms with Gasteiger partial charge >= 0.3 is 0 Å². The molecule has 0 aliphatic carbocycles. The first-order valence-electron chi connectivity index (χ1n) is 5.73. The molecule has 0 spiro atoms. The highest BCUT2D eigenvalue weighted by atomic mass is 32.2. The molecule has 2 aliphatic rings. The third-order valence-corrected chi connectivity index (χ3v) is 3.92. The van der Waals surface area contributed by atoms with E-state index < -0.39 is 5.25 Å². The van der Waals surface area contributed by atoms with Crippen LogP contribution in [0.5, 0.6) is 0 Å². The fourth-order valence-corrected chi connectivity index (χ4v) is 2.80. The van der Waals surface area contributed by atoms with Gasteiger partial charge in [-0.3, -0.25) is 20.9 Å².